The van der Waals surface area contributed by atoms with E-state index in [0.29, 0.717) is 36.8 Å². The SMILES string of the molecule is CCN(CC(=O)N1CCCN(c2ccc(-c3ccc(F)cc3)nn2)CC1)C(=O)c1cccs1. The molecule has 1 aliphatic heterocycles. The van der Waals surface area contributed by atoms with Crippen molar-refractivity contribution in [1.82, 2.24) is 20.0 Å². The van der Waals surface area contributed by atoms with Crippen LogP contribution in [0.4, 0.5) is 10.2 Å². The van der Waals surface area contributed by atoms with Gasteiger partial charge in [0.2, 0.25) is 5.91 Å². The maximum absolute atomic E-state index is 13.1. The lowest BCUT2D eigenvalue weighted by molar-refractivity contribution is -0.131. The maximum Gasteiger partial charge on any atom is 0.264 e. The Morgan fingerprint density at radius 2 is 1.85 bits per heavy atom. The molecule has 1 aliphatic rings. The van der Waals surface area contributed by atoms with E-state index in [2.05, 4.69) is 15.1 Å². The number of thiophene rings is 1. The number of hydrogen-bond donors (Lipinski definition) is 0. The van der Waals surface area contributed by atoms with E-state index in [1.54, 1.807) is 23.1 Å². The van der Waals surface area contributed by atoms with E-state index < -0.39 is 0 Å². The van der Waals surface area contributed by atoms with Gasteiger partial charge >= 0.3 is 0 Å². The van der Waals surface area contributed by atoms with Crippen molar-refractivity contribution >= 4 is 29.0 Å². The van der Waals surface area contributed by atoms with Gasteiger partial charge in [0.1, 0.15) is 12.4 Å². The Bertz CT molecular complexity index is 1070. The van der Waals surface area contributed by atoms with Gasteiger partial charge in [-0.15, -0.1) is 21.5 Å². The lowest BCUT2D eigenvalue weighted by Crippen LogP contribution is -2.44. The van der Waals surface area contributed by atoms with Crippen molar-refractivity contribution in [2.45, 2.75) is 13.3 Å². The number of rotatable bonds is 6. The van der Waals surface area contributed by atoms with Gasteiger partial charge in [0.05, 0.1) is 10.6 Å². The minimum absolute atomic E-state index is 0.0404. The van der Waals surface area contributed by atoms with Crippen LogP contribution in [0.5, 0.6) is 0 Å². The van der Waals surface area contributed by atoms with Crippen molar-refractivity contribution < 1.29 is 14.0 Å². The summed E-state index contributed by atoms with van der Waals surface area (Å²) in [5, 5.41) is 10.5. The molecule has 2 aromatic heterocycles. The molecule has 172 valence electrons. The van der Waals surface area contributed by atoms with Crippen LogP contribution in [0.2, 0.25) is 0 Å². The summed E-state index contributed by atoms with van der Waals surface area (Å²) in [4.78, 5) is 31.7. The highest BCUT2D eigenvalue weighted by Gasteiger charge is 2.24. The van der Waals surface area contributed by atoms with Gasteiger partial charge in [0.25, 0.3) is 5.91 Å². The zero-order chi connectivity index (χ0) is 23.2. The molecule has 0 aliphatic carbocycles. The molecule has 0 atom stereocenters. The monoisotopic (exact) mass is 467 g/mol. The molecule has 0 radical (unpaired) electrons. The fourth-order valence-corrected chi connectivity index (χ4v) is 4.50. The summed E-state index contributed by atoms with van der Waals surface area (Å²) in [5.74, 6) is 0.318. The molecule has 0 spiro atoms. The molecule has 0 bridgehead atoms. The van der Waals surface area contributed by atoms with Crippen molar-refractivity contribution in [2.75, 3.05) is 44.2 Å². The maximum atomic E-state index is 13.1. The predicted molar refractivity (Wildman–Crippen MR) is 127 cm³/mol. The second kappa shape index (κ2) is 10.5. The molecule has 0 saturated carbocycles. The normalized spacial score (nSPS) is 14.1. The van der Waals surface area contributed by atoms with Crippen LogP contribution in [0, 0.1) is 5.82 Å². The van der Waals surface area contributed by atoms with Crippen LogP contribution in [0.1, 0.15) is 23.0 Å². The number of benzene rings is 1. The number of hydrogen-bond acceptors (Lipinski definition) is 6. The number of carbonyl (C=O) groups excluding carboxylic acids is 2. The summed E-state index contributed by atoms with van der Waals surface area (Å²) in [6.07, 6.45) is 0.804. The molecule has 0 N–H and O–H groups in total. The van der Waals surface area contributed by atoms with Gasteiger partial charge in [-0.3, -0.25) is 9.59 Å². The fraction of sp³-hybridized carbons (Fsp3) is 0.333. The van der Waals surface area contributed by atoms with E-state index >= 15 is 0 Å². The van der Waals surface area contributed by atoms with Crippen molar-refractivity contribution in [3.05, 3.63) is 64.6 Å². The summed E-state index contributed by atoms with van der Waals surface area (Å²) in [6, 6.07) is 13.6. The first-order valence-electron chi connectivity index (χ1n) is 11.0. The van der Waals surface area contributed by atoms with Crippen LogP contribution in [0.3, 0.4) is 0 Å². The standard InChI is InChI=1S/C24H26FN5O2S/c1-2-28(24(32)21-5-3-16-33-21)17-23(31)30-13-4-12-29(14-15-30)22-11-10-20(26-27-22)18-6-8-19(25)9-7-18/h3,5-11,16H,2,4,12-15,17H2,1H3. The first-order chi connectivity index (χ1) is 16.0. The highest BCUT2D eigenvalue weighted by Crippen LogP contribution is 2.20. The second-order valence-electron chi connectivity index (χ2n) is 7.80. The molecule has 9 heteroatoms. The third-order valence-electron chi connectivity index (χ3n) is 5.69. The van der Waals surface area contributed by atoms with Crippen LogP contribution in [0.15, 0.2) is 53.9 Å². The van der Waals surface area contributed by atoms with Crippen LogP contribution in [-0.4, -0.2) is 71.1 Å². The third-order valence-corrected chi connectivity index (χ3v) is 6.55. The Morgan fingerprint density at radius 3 is 2.52 bits per heavy atom. The molecule has 33 heavy (non-hydrogen) atoms. The first-order valence-corrected chi connectivity index (χ1v) is 11.9. The number of amides is 2. The first kappa shape index (κ1) is 22.8. The van der Waals surface area contributed by atoms with Gasteiger partial charge in [-0.1, -0.05) is 6.07 Å². The topological polar surface area (TPSA) is 69.6 Å². The molecule has 7 nitrogen and oxygen atoms in total. The summed E-state index contributed by atoms with van der Waals surface area (Å²) in [7, 11) is 0. The molecule has 1 saturated heterocycles. The van der Waals surface area contributed by atoms with Gasteiger partial charge in [0, 0.05) is 38.3 Å². The van der Waals surface area contributed by atoms with Gasteiger partial charge in [-0.2, -0.15) is 0 Å². The minimum Gasteiger partial charge on any atom is -0.353 e. The van der Waals surface area contributed by atoms with E-state index in [9.17, 15) is 14.0 Å². The molecule has 4 rings (SSSR count). The number of nitrogens with zero attached hydrogens (tertiary/aromatic N) is 5. The van der Waals surface area contributed by atoms with Gasteiger partial charge in [0.15, 0.2) is 5.82 Å². The Labute approximate surface area is 196 Å². The zero-order valence-corrected chi connectivity index (χ0v) is 19.3. The number of halogens is 1. The van der Waals surface area contributed by atoms with Gasteiger partial charge in [-0.05, 0) is 61.2 Å². The number of likely N-dealkylation sites (N-methyl/N-ethyl adjacent to an activating group) is 1. The summed E-state index contributed by atoms with van der Waals surface area (Å²) < 4.78 is 13.1. The van der Waals surface area contributed by atoms with Gasteiger partial charge < -0.3 is 14.7 Å². The van der Waals surface area contributed by atoms with Crippen molar-refractivity contribution in [3.63, 3.8) is 0 Å². The molecular weight excluding hydrogens is 441 g/mol. The molecule has 2 amide bonds. The smallest absolute Gasteiger partial charge is 0.264 e. The number of carbonyl (C=O) groups is 2. The Balaban J connectivity index is 1.35. The predicted octanol–water partition coefficient (Wildman–Crippen LogP) is 3.55. The van der Waals surface area contributed by atoms with Gasteiger partial charge in [-0.25, -0.2) is 4.39 Å². The molecule has 0 unspecified atom stereocenters. The third kappa shape index (κ3) is 5.54. The van der Waals surface area contributed by atoms with Crippen molar-refractivity contribution in [2.24, 2.45) is 0 Å². The lowest BCUT2D eigenvalue weighted by atomic mass is 10.1. The van der Waals surface area contributed by atoms with E-state index in [0.717, 1.165) is 24.3 Å². The largest absolute Gasteiger partial charge is 0.353 e. The van der Waals surface area contributed by atoms with E-state index in [1.807, 2.05) is 35.4 Å². The van der Waals surface area contributed by atoms with E-state index in [4.69, 9.17) is 0 Å². The Morgan fingerprint density at radius 1 is 1.03 bits per heavy atom. The average molecular weight is 468 g/mol. The average Bonchev–Trinajstić information content (AvgIpc) is 3.27. The zero-order valence-electron chi connectivity index (χ0n) is 18.5. The highest BCUT2D eigenvalue weighted by molar-refractivity contribution is 7.12. The quantitative estimate of drug-likeness (QED) is 0.555. The van der Waals surface area contributed by atoms with E-state index in [1.165, 1.54) is 23.5 Å². The summed E-state index contributed by atoms with van der Waals surface area (Å²) in [6.45, 7) is 5.06. The van der Waals surface area contributed by atoms with E-state index in [-0.39, 0.29) is 24.2 Å². The number of anilines is 1. The molecule has 1 aromatic carbocycles. The van der Waals surface area contributed by atoms with Crippen molar-refractivity contribution in [3.8, 4) is 11.3 Å². The highest BCUT2D eigenvalue weighted by atomic mass is 32.1. The Kier molecular flexibility index (Phi) is 7.29. The minimum atomic E-state index is -0.287. The molecule has 3 aromatic rings. The summed E-state index contributed by atoms with van der Waals surface area (Å²) in [5.41, 5.74) is 1.49. The van der Waals surface area contributed by atoms with Crippen LogP contribution in [-0.2, 0) is 4.79 Å². The van der Waals surface area contributed by atoms with Crippen molar-refractivity contribution in [1.29, 1.82) is 0 Å². The van der Waals surface area contributed by atoms with Crippen LogP contribution in [0.25, 0.3) is 11.3 Å². The summed E-state index contributed by atoms with van der Waals surface area (Å²) >= 11 is 1.39. The molecule has 1 fully saturated rings. The van der Waals surface area contributed by atoms with Crippen LogP contribution >= 0.6 is 11.3 Å². The number of aromatic nitrogens is 2. The lowest BCUT2D eigenvalue weighted by Gasteiger charge is -2.26. The van der Waals surface area contributed by atoms with Crippen LogP contribution < -0.4 is 4.90 Å². The fourth-order valence-electron chi connectivity index (χ4n) is 3.81. The second-order valence-corrected chi connectivity index (χ2v) is 8.75. The molecule has 3 heterocycles. The molecular formula is C24H26FN5O2S. The Hall–Kier alpha value is -3.33.